The summed E-state index contributed by atoms with van der Waals surface area (Å²) in [6.45, 7) is 3.56. The van der Waals surface area contributed by atoms with Crippen molar-refractivity contribution < 1.29 is 0 Å². The number of likely N-dealkylation sites (N-methyl/N-ethyl adjacent to an activating group) is 2. The third-order valence-corrected chi connectivity index (χ3v) is 2.48. The van der Waals surface area contributed by atoms with Crippen LogP contribution in [0.25, 0.3) is 0 Å². The molecule has 4 nitrogen and oxygen atoms in total. The van der Waals surface area contributed by atoms with E-state index < -0.39 is 0 Å². The second kappa shape index (κ2) is 6.58. The lowest BCUT2D eigenvalue weighted by atomic mass is 10.2. The minimum Gasteiger partial charge on any atom is -0.326 e. The molecule has 4 heteroatoms. The van der Waals surface area contributed by atoms with Crippen molar-refractivity contribution in [2.45, 2.75) is 13.1 Å². The molecule has 0 amide bonds. The van der Waals surface area contributed by atoms with Gasteiger partial charge in [-0.2, -0.15) is 0 Å². The lowest BCUT2D eigenvalue weighted by Crippen LogP contribution is -2.28. The molecule has 0 aliphatic heterocycles. The second-order valence-electron chi connectivity index (χ2n) is 4.40. The molecule has 0 aliphatic carbocycles. The van der Waals surface area contributed by atoms with Crippen LogP contribution in [0.2, 0.25) is 0 Å². The number of nitrogens with zero attached hydrogens (tertiary/aromatic N) is 3. The van der Waals surface area contributed by atoms with Gasteiger partial charge in [-0.1, -0.05) is 6.07 Å². The van der Waals surface area contributed by atoms with Crippen LogP contribution in [0.15, 0.2) is 18.3 Å². The molecular weight excluding hydrogens is 200 g/mol. The number of nitrogens with two attached hydrogens (primary N) is 1. The van der Waals surface area contributed by atoms with Crippen LogP contribution in [0.1, 0.15) is 11.3 Å². The number of aromatic nitrogens is 1. The Labute approximate surface area is 98.1 Å². The Morgan fingerprint density at radius 2 is 1.94 bits per heavy atom. The van der Waals surface area contributed by atoms with Gasteiger partial charge in [-0.15, -0.1) is 0 Å². The summed E-state index contributed by atoms with van der Waals surface area (Å²) >= 11 is 0. The van der Waals surface area contributed by atoms with Gasteiger partial charge in [-0.05, 0) is 32.8 Å². The Morgan fingerprint density at radius 1 is 1.19 bits per heavy atom. The van der Waals surface area contributed by atoms with E-state index in [0.29, 0.717) is 6.54 Å². The van der Waals surface area contributed by atoms with E-state index in [1.54, 1.807) is 0 Å². The predicted octanol–water partition coefficient (Wildman–Crippen LogP) is 0.534. The summed E-state index contributed by atoms with van der Waals surface area (Å²) in [7, 11) is 6.28. The third kappa shape index (κ3) is 4.70. The third-order valence-electron chi connectivity index (χ3n) is 2.48. The molecule has 16 heavy (non-hydrogen) atoms. The quantitative estimate of drug-likeness (QED) is 0.763. The van der Waals surface area contributed by atoms with Crippen LogP contribution < -0.4 is 5.73 Å². The molecule has 0 aromatic carbocycles. The second-order valence-corrected chi connectivity index (χ2v) is 4.40. The Kier molecular flexibility index (Phi) is 5.38. The van der Waals surface area contributed by atoms with E-state index in [-0.39, 0.29) is 0 Å². The summed E-state index contributed by atoms with van der Waals surface area (Å²) in [5.74, 6) is 0. The molecule has 0 saturated carbocycles. The summed E-state index contributed by atoms with van der Waals surface area (Å²) in [6, 6.07) is 4.09. The zero-order chi connectivity index (χ0) is 12.0. The summed E-state index contributed by atoms with van der Waals surface area (Å²) in [4.78, 5) is 8.83. The van der Waals surface area contributed by atoms with Gasteiger partial charge in [0.1, 0.15) is 0 Å². The minimum absolute atomic E-state index is 0.559. The summed E-state index contributed by atoms with van der Waals surface area (Å²) in [6.07, 6.45) is 1.86. The minimum atomic E-state index is 0.559. The molecular formula is C12H22N4. The van der Waals surface area contributed by atoms with Crippen LogP contribution in [0.4, 0.5) is 0 Å². The van der Waals surface area contributed by atoms with E-state index >= 15 is 0 Å². The van der Waals surface area contributed by atoms with Gasteiger partial charge in [0, 0.05) is 32.4 Å². The first kappa shape index (κ1) is 13.1. The molecule has 0 spiro atoms. The summed E-state index contributed by atoms with van der Waals surface area (Å²) < 4.78 is 0. The average molecular weight is 222 g/mol. The molecule has 1 rings (SSSR count). The molecule has 0 bridgehead atoms. The van der Waals surface area contributed by atoms with Gasteiger partial charge < -0.3 is 10.6 Å². The molecule has 1 aromatic rings. The predicted molar refractivity (Wildman–Crippen MR) is 67.0 cm³/mol. The van der Waals surface area contributed by atoms with Crippen LogP contribution in [0, 0.1) is 0 Å². The lowest BCUT2D eigenvalue weighted by molar-refractivity contribution is 0.274. The fourth-order valence-corrected chi connectivity index (χ4v) is 1.40. The van der Waals surface area contributed by atoms with E-state index in [1.165, 1.54) is 0 Å². The normalized spacial score (nSPS) is 11.4. The van der Waals surface area contributed by atoms with Gasteiger partial charge in [-0.3, -0.25) is 9.88 Å². The van der Waals surface area contributed by atoms with Crippen LogP contribution in [0.5, 0.6) is 0 Å². The van der Waals surface area contributed by atoms with Crippen LogP contribution >= 0.6 is 0 Å². The molecule has 0 fully saturated rings. The smallest absolute Gasteiger partial charge is 0.0544 e. The molecule has 1 aromatic heterocycles. The van der Waals surface area contributed by atoms with Crippen molar-refractivity contribution in [3.05, 3.63) is 29.6 Å². The maximum atomic E-state index is 5.53. The van der Waals surface area contributed by atoms with Gasteiger partial charge in [0.2, 0.25) is 0 Å². The maximum absolute atomic E-state index is 5.53. The fraction of sp³-hybridized carbons (Fsp3) is 0.583. The van der Waals surface area contributed by atoms with Crippen molar-refractivity contribution in [2.24, 2.45) is 5.73 Å². The molecule has 0 radical (unpaired) electrons. The first-order valence-corrected chi connectivity index (χ1v) is 5.59. The monoisotopic (exact) mass is 222 g/mol. The van der Waals surface area contributed by atoms with Crippen molar-refractivity contribution in [1.82, 2.24) is 14.8 Å². The largest absolute Gasteiger partial charge is 0.326 e. The molecule has 0 saturated heterocycles. The standard InChI is InChI=1S/C12H22N4/c1-15(2)6-7-16(3)10-12-5-4-11(8-13)9-14-12/h4-5,9H,6-8,10,13H2,1-3H3. The van der Waals surface area contributed by atoms with Crippen molar-refractivity contribution >= 4 is 0 Å². The van der Waals surface area contributed by atoms with Gasteiger partial charge in [-0.25, -0.2) is 0 Å². The van der Waals surface area contributed by atoms with Crippen molar-refractivity contribution in [1.29, 1.82) is 0 Å². The van der Waals surface area contributed by atoms with E-state index in [2.05, 4.69) is 35.9 Å². The van der Waals surface area contributed by atoms with E-state index in [9.17, 15) is 0 Å². The molecule has 0 atom stereocenters. The Bertz CT molecular complexity index is 294. The van der Waals surface area contributed by atoms with Crippen molar-refractivity contribution in [2.75, 3.05) is 34.2 Å². The van der Waals surface area contributed by atoms with Crippen LogP contribution in [-0.2, 0) is 13.1 Å². The molecule has 1 heterocycles. The highest BCUT2D eigenvalue weighted by Crippen LogP contribution is 2.02. The van der Waals surface area contributed by atoms with Gasteiger partial charge >= 0.3 is 0 Å². The average Bonchev–Trinajstić information content (AvgIpc) is 2.27. The topological polar surface area (TPSA) is 45.4 Å². The highest BCUT2D eigenvalue weighted by molar-refractivity contribution is 5.13. The molecule has 0 aliphatic rings. The Morgan fingerprint density at radius 3 is 2.44 bits per heavy atom. The fourth-order valence-electron chi connectivity index (χ4n) is 1.40. The number of hydrogen-bond acceptors (Lipinski definition) is 4. The van der Waals surface area contributed by atoms with Crippen molar-refractivity contribution in [3.63, 3.8) is 0 Å². The zero-order valence-corrected chi connectivity index (χ0v) is 10.5. The molecule has 0 unspecified atom stereocenters. The van der Waals surface area contributed by atoms with E-state index in [0.717, 1.165) is 30.9 Å². The highest BCUT2D eigenvalue weighted by atomic mass is 15.1. The van der Waals surface area contributed by atoms with E-state index in [4.69, 9.17) is 5.73 Å². The Balaban J connectivity index is 2.40. The lowest BCUT2D eigenvalue weighted by Gasteiger charge is -2.18. The molecule has 2 N–H and O–H groups in total. The number of hydrogen-bond donors (Lipinski definition) is 1. The highest BCUT2D eigenvalue weighted by Gasteiger charge is 2.02. The van der Waals surface area contributed by atoms with Crippen molar-refractivity contribution in [3.8, 4) is 0 Å². The van der Waals surface area contributed by atoms with Gasteiger partial charge in [0.05, 0.1) is 5.69 Å². The summed E-state index contributed by atoms with van der Waals surface area (Å²) in [5.41, 5.74) is 7.71. The van der Waals surface area contributed by atoms with Crippen LogP contribution in [0.3, 0.4) is 0 Å². The SMILES string of the molecule is CN(C)CCN(C)Cc1ccc(CN)cn1. The van der Waals surface area contributed by atoms with Crippen LogP contribution in [-0.4, -0.2) is 49.0 Å². The molecule has 90 valence electrons. The summed E-state index contributed by atoms with van der Waals surface area (Å²) in [5, 5.41) is 0. The van der Waals surface area contributed by atoms with E-state index in [1.807, 2.05) is 18.3 Å². The van der Waals surface area contributed by atoms with Gasteiger partial charge in [0.15, 0.2) is 0 Å². The van der Waals surface area contributed by atoms with Gasteiger partial charge in [0.25, 0.3) is 0 Å². The first-order chi connectivity index (χ1) is 7.61. The Hall–Kier alpha value is -0.970. The number of pyridine rings is 1. The first-order valence-electron chi connectivity index (χ1n) is 5.59. The zero-order valence-electron chi connectivity index (χ0n) is 10.5. The maximum Gasteiger partial charge on any atom is 0.0544 e. The number of rotatable bonds is 6.